The van der Waals surface area contributed by atoms with Gasteiger partial charge >= 0.3 is 0 Å². The molecule has 1 saturated carbocycles. The predicted octanol–water partition coefficient (Wildman–Crippen LogP) is 3.15. The van der Waals surface area contributed by atoms with E-state index in [0.29, 0.717) is 0 Å². The summed E-state index contributed by atoms with van der Waals surface area (Å²) < 4.78 is 7.16. The molecule has 3 rings (SSSR count). The number of nitrogens with two attached hydrogens (primary N) is 1. The molecule has 0 aromatic heterocycles. The second kappa shape index (κ2) is 3.22. The summed E-state index contributed by atoms with van der Waals surface area (Å²) in [6.45, 7) is 0. The zero-order valence-corrected chi connectivity index (χ0v) is 10.1. The van der Waals surface area contributed by atoms with Gasteiger partial charge in [0.05, 0.1) is 0 Å². The van der Waals surface area contributed by atoms with Gasteiger partial charge in [-0.1, -0.05) is 22.0 Å². The lowest BCUT2D eigenvalue weighted by molar-refractivity contribution is -0.0329. The van der Waals surface area contributed by atoms with Gasteiger partial charge in [0.15, 0.2) is 0 Å². The minimum Gasteiger partial charge on any atom is -0.487 e. The molecule has 1 aliphatic heterocycles. The number of benzene rings is 1. The number of hydrogen-bond acceptors (Lipinski definition) is 2. The Bertz CT molecular complexity index is 401. The van der Waals surface area contributed by atoms with Gasteiger partial charge in [-0.3, -0.25) is 0 Å². The van der Waals surface area contributed by atoms with Gasteiger partial charge < -0.3 is 10.5 Å². The summed E-state index contributed by atoms with van der Waals surface area (Å²) in [6.07, 6.45) is 4.57. The van der Waals surface area contributed by atoms with Crippen LogP contribution in [-0.4, -0.2) is 5.60 Å². The molecule has 0 radical (unpaired) electrons. The average molecular weight is 268 g/mol. The molecule has 1 atom stereocenters. The van der Waals surface area contributed by atoms with Crippen LogP contribution >= 0.6 is 15.9 Å². The van der Waals surface area contributed by atoms with Gasteiger partial charge in [-0.15, -0.1) is 0 Å². The summed E-state index contributed by atoms with van der Waals surface area (Å²) in [5, 5.41) is 0. The normalized spacial score (nSPS) is 26.7. The molecule has 1 aromatic rings. The predicted molar refractivity (Wildman–Crippen MR) is 62.9 cm³/mol. The third-order valence-corrected chi connectivity index (χ3v) is 4.05. The van der Waals surface area contributed by atoms with Gasteiger partial charge in [0, 0.05) is 22.5 Å². The van der Waals surface area contributed by atoms with Crippen LogP contribution in [-0.2, 0) is 0 Å². The van der Waals surface area contributed by atoms with Crippen LogP contribution < -0.4 is 10.5 Å². The van der Waals surface area contributed by atoms with Crippen LogP contribution in [0.2, 0.25) is 0 Å². The third-order valence-electron chi connectivity index (χ3n) is 3.56. The van der Waals surface area contributed by atoms with Crippen LogP contribution in [0.1, 0.15) is 37.3 Å². The molecule has 1 aliphatic carbocycles. The van der Waals surface area contributed by atoms with Crippen molar-refractivity contribution in [3.63, 3.8) is 0 Å². The van der Waals surface area contributed by atoms with E-state index in [1.807, 2.05) is 12.1 Å². The van der Waals surface area contributed by atoms with Gasteiger partial charge in [-0.2, -0.15) is 0 Å². The summed E-state index contributed by atoms with van der Waals surface area (Å²) in [5.74, 6) is 0.975. The number of rotatable bonds is 0. The second-order valence-corrected chi connectivity index (χ2v) is 5.55. The van der Waals surface area contributed by atoms with E-state index in [-0.39, 0.29) is 11.6 Å². The molecule has 80 valence electrons. The van der Waals surface area contributed by atoms with Crippen molar-refractivity contribution in [2.45, 2.75) is 37.3 Å². The van der Waals surface area contributed by atoms with Crippen molar-refractivity contribution in [1.82, 2.24) is 0 Å². The fraction of sp³-hybridized carbons (Fsp3) is 0.500. The lowest BCUT2D eigenvalue weighted by Crippen LogP contribution is -2.48. The molecule has 2 nitrogen and oxygen atoms in total. The van der Waals surface area contributed by atoms with E-state index in [1.54, 1.807) is 0 Å². The largest absolute Gasteiger partial charge is 0.487 e. The number of hydrogen-bond donors (Lipinski definition) is 1. The van der Waals surface area contributed by atoms with Gasteiger partial charge in [-0.05, 0) is 31.4 Å². The summed E-state index contributed by atoms with van der Waals surface area (Å²) in [7, 11) is 0. The lowest BCUT2D eigenvalue weighted by Gasteiger charge is -2.47. The minimum absolute atomic E-state index is 0.0627. The standard InChI is InChI=1S/C12H14BrNO/c13-8-2-3-9-10(14)7-12(4-1-5-12)15-11(9)6-8/h2-3,6,10H,1,4-5,7,14H2/t10-/m0/s1. The van der Waals surface area contributed by atoms with Crippen molar-refractivity contribution in [3.05, 3.63) is 28.2 Å². The maximum absolute atomic E-state index is 6.19. The number of fused-ring (bicyclic) bond motifs is 1. The number of ether oxygens (including phenoxy) is 1. The highest BCUT2D eigenvalue weighted by molar-refractivity contribution is 9.10. The molecule has 2 N–H and O–H groups in total. The van der Waals surface area contributed by atoms with Gasteiger partial charge in [-0.25, -0.2) is 0 Å². The summed E-state index contributed by atoms with van der Waals surface area (Å²) in [4.78, 5) is 0. The third kappa shape index (κ3) is 1.49. The van der Waals surface area contributed by atoms with Gasteiger partial charge in [0.1, 0.15) is 11.4 Å². The van der Waals surface area contributed by atoms with Crippen molar-refractivity contribution in [2.24, 2.45) is 5.73 Å². The molecule has 2 aliphatic rings. The minimum atomic E-state index is 0.0627. The van der Waals surface area contributed by atoms with E-state index in [2.05, 4.69) is 22.0 Å². The van der Waals surface area contributed by atoms with Crippen LogP contribution in [0, 0.1) is 0 Å². The summed E-state index contributed by atoms with van der Waals surface area (Å²) in [5.41, 5.74) is 7.40. The SMILES string of the molecule is N[C@H]1CC2(CCC2)Oc2cc(Br)ccc21. The Morgan fingerprint density at radius 2 is 2.20 bits per heavy atom. The Kier molecular flexibility index (Phi) is 2.08. The zero-order valence-electron chi connectivity index (χ0n) is 8.50. The monoisotopic (exact) mass is 267 g/mol. The molecule has 0 saturated heterocycles. The first-order chi connectivity index (χ1) is 7.19. The molecule has 1 fully saturated rings. The highest BCUT2D eigenvalue weighted by Gasteiger charge is 2.44. The molecular weight excluding hydrogens is 254 g/mol. The fourth-order valence-electron chi connectivity index (χ4n) is 2.57. The second-order valence-electron chi connectivity index (χ2n) is 4.63. The fourth-order valence-corrected chi connectivity index (χ4v) is 2.91. The van der Waals surface area contributed by atoms with Crippen LogP contribution in [0.3, 0.4) is 0 Å². The molecule has 3 heteroatoms. The van der Waals surface area contributed by atoms with Crippen molar-refractivity contribution in [3.8, 4) is 5.75 Å². The van der Waals surface area contributed by atoms with Gasteiger partial charge in [0.25, 0.3) is 0 Å². The van der Waals surface area contributed by atoms with Crippen molar-refractivity contribution >= 4 is 15.9 Å². The summed E-state index contributed by atoms with van der Waals surface area (Å²) in [6, 6.07) is 6.27. The smallest absolute Gasteiger partial charge is 0.126 e. The Balaban J connectivity index is 2.01. The zero-order chi connectivity index (χ0) is 10.5. The Hall–Kier alpha value is -0.540. The molecule has 0 unspecified atom stereocenters. The molecular formula is C12H14BrNO. The maximum Gasteiger partial charge on any atom is 0.126 e. The summed E-state index contributed by atoms with van der Waals surface area (Å²) >= 11 is 3.47. The van der Waals surface area contributed by atoms with Crippen molar-refractivity contribution in [2.75, 3.05) is 0 Å². The molecule has 1 heterocycles. The van der Waals surface area contributed by atoms with E-state index in [1.165, 1.54) is 6.42 Å². The van der Waals surface area contributed by atoms with E-state index in [0.717, 1.165) is 35.0 Å². The highest BCUT2D eigenvalue weighted by Crippen LogP contribution is 2.48. The van der Waals surface area contributed by atoms with E-state index in [9.17, 15) is 0 Å². The molecule has 15 heavy (non-hydrogen) atoms. The van der Waals surface area contributed by atoms with Crippen LogP contribution in [0.4, 0.5) is 0 Å². The molecule has 1 aromatic carbocycles. The first kappa shape index (κ1) is 9.67. The van der Waals surface area contributed by atoms with E-state index in [4.69, 9.17) is 10.5 Å². The molecule has 1 spiro atoms. The Morgan fingerprint density at radius 1 is 1.40 bits per heavy atom. The van der Waals surface area contributed by atoms with Gasteiger partial charge in [0.2, 0.25) is 0 Å². The van der Waals surface area contributed by atoms with Crippen molar-refractivity contribution in [1.29, 1.82) is 0 Å². The Morgan fingerprint density at radius 3 is 2.87 bits per heavy atom. The maximum atomic E-state index is 6.19. The van der Waals surface area contributed by atoms with E-state index < -0.39 is 0 Å². The van der Waals surface area contributed by atoms with E-state index >= 15 is 0 Å². The molecule has 0 bridgehead atoms. The Labute approximate surface area is 97.9 Å². The first-order valence-corrected chi connectivity index (χ1v) is 6.22. The van der Waals surface area contributed by atoms with Crippen LogP contribution in [0.5, 0.6) is 5.75 Å². The van der Waals surface area contributed by atoms with Crippen molar-refractivity contribution < 1.29 is 4.74 Å². The highest BCUT2D eigenvalue weighted by atomic mass is 79.9. The lowest BCUT2D eigenvalue weighted by atomic mass is 9.73. The topological polar surface area (TPSA) is 35.2 Å². The van der Waals surface area contributed by atoms with Crippen LogP contribution in [0.25, 0.3) is 0 Å². The number of halogens is 1. The average Bonchev–Trinajstić information content (AvgIpc) is 2.14. The van der Waals surface area contributed by atoms with Crippen LogP contribution in [0.15, 0.2) is 22.7 Å². The quantitative estimate of drug-likeness (QED) is 0.784. The first-order valence-electron chi connectivity index (χ1n) is 5.43. The molecule has 0 amide bonds.